The normalized spacial score (nSPS) is 9.89. The lowest BCUT2D eigenvalue weighted by Crippen LogP contribution is -2.12. The van der Waals surface area contributed by atoms with Crippen LogP contribution in [-0.2, 0) is 4.79 Å². The van der Waals surface area contributed by atoms with Gasteiger partial charge in [-0.25, -0.2) is 0 Å². The van der Waals surface area contributed by atoms with Crippen LogP contribution in [-0.4, -0.2) is 5.91 Å². The monoisotopic (exact) mass is 258 g/mol. The summed E-state index contributed by atoms with van der Waals surface area (Å²) in [4.78, 5) is 11.7. The molecule has 0 unspecified atom stereocenters. The second-order valence-corrected chi connectivity index (χ2v) is 4.72. The van der Waals surface area contributed by atoms with Gasteiger partial charge in [0.15, 0.2) is 0 Å². The first-order valence-corrected chi connectivity index (χ1v) is 7.07. The standard InChI is InChI=1S/C16H22N2O/c1-2-3-4-5-6-7-12-16(19)18-15-11-9-8-10-14(15)13-17/h8-11H,2-7,12H2,1H3,(H,18,19). The number of carbonyl (C=O) groups excluding carboxylic acids is 1. The van der Waals surface area contributed by atoms with E-state index >= 15 is 0 Å². The molecule has 0 aliphatic carbocycles. The fourth-order valence-electron chi connectivity index (χ4n) is 1.97. The third kappa shape index (κ3) is 6.05. The van der Waals surface area contributed by atoms with Crippen molar-refractivity contribution in [3.63, 3.8) is 0 Å². The number of nitrogens with zero attached hydrogens (tertiary/aromatic N) is 1. The highest BCUT2D eigenvalue weighted by atomic mass is 16.1. The maximum absolute atomic E-state index is 11.7. The zero-order chi connectivity index (χ0) is 13.9. The Morgan fingerprint density at radius 3 is 2.58 bits per heavy atom. The lowest BCUT2D eigenvalue weighted by atomic mass is 10.1. The van der Waals surface area contributed by atoms with E-state index < -0.39 is 0 Å². The van der Waals surface area contributed by atoms with Crippen LogP contribution >= 0.6 is 0 Å². The Balaban J connectivity index is 2.26. The molecule has 0 aromatic heterocycles. The molecule has 3 heteroatoms. The summed E-state index contributed by atoms with van der Waals surface area (Å²) in [6.45, 7) is 2.19. The van der Waals surface area contributed by atoms with E-state index in [0.717, 1.165) is 12.8 Å². The number of rotatable bonds is 8. The van der Waals surface area contributed by atoms with Crippen molar-refractivity contribution in [3.05, 3.63) is 29.8 Å². The summed E-state index contributed by atoms with van der Waals surface area (Å²) in [5.74, 6) is -0.00167. The summed E-state index contributed by atoms with van der Waals surface area (Å²) in [6.07, 6.45) is 7.54. The molecule has 0 aliphatic rings. The van der Waals surface area contributed by atoms with Gasteiger partial charge in [-0.1, -0.05) is 51.2 Å². The molecule has 0 atom stereocenters. The van der Waals surface area contributed by atoms with E-state index in [-0.39, 0.29) is 5.91 Å². The lowest BCUT2D eigenvalue weighted by molar-refractivity contribution is -0.116. The largest absolute Gasteiger partial charge is 0.325 e. The molecule has 19 heavy (non-hydrogen) atoms. The molecule has 1 N–H and O–H groups in total. The number of unbranched alkanes of at least 4 members (excludes halogenated alkanes) is 5. The minimum Gasteiger partial charge on any atom is -0.325 e. The molecule has 0 bridgehead atoms. The van der Waals surface area contributed by atoms with Gasteiger partial charge in [0.1, 0.15) is 6.07 Å². The summed E-state index contributed by atoms with van der Waals surface area (Å²) in [7, 11) is 0. The van der Waals surface area contributed by atoms with Crippen molar-refractivity contribution in [2.75, 3.05) is 5.32 Å². The van der Waals surface area contributed by atoms with Crippen molar-refractivity contribution in [1.82, 2.24) is 0 Å². The summed E-state index contributed by atoms with van der Waals surface area (Å²) >= 11 is 0. The zero-order valence-electron chi connectivity index (χ0n) is 11.6. The van der Waals surface area contributed by atoms with Crippen molar-refractivity contribution < 1.29 is 4.79 Å². The highest BCUT2D eigenvalue weighted by Gasteiger charge is 2.05. The second kappa shape index (κ2) is 9.16. The average Bonchev–Trinajstić information content (AvgIpc) is 2.43. The first-order valence-electron chi connectivity index (χ1n) is 7.07. The second-order valence-electron chi connectivity index (χ2n) is 4.72. The van der Waals surface area contributed by atoms with Crippen LogP contribution in [0.3, 0.4) is 0 Å². The summed E-state index contributed by atoms with van der Waals surface area (Å²) in [5.41, 5.74) is 1.12. The fraction of sp³-hybridized carbons (Fsp3) is 0.500. The van der Waals surface area contributed by atoms with E-state index in [4.69, 9.17) is 5.26 Å². The number of hydrogen-bond acceptors (Lipinski definition) is 2. The predicted molar refractivity (Wildman–Crippen MR) is 77.8 cm³/mol. The highest BCUT2D eigenvalue weighted by molar-refractivity contribution is 5.92. The van der Waals surface area contributed by atoms with Gasteiger partial charge < -0.3 is 5.32 Å². The molecule has 0 saturated heterocycles. The van der Waals surface area contributed by atoms with Gasteiger partial charge in [-0.3, -0.25) is 4.79 Å². The number of carbonyl (C=O) groups is 1. The maximum Gasteiger partial charge on any atom is 0.224 e. The van der Waals surface area contributed by atoms with Crippen molar-refractivity contribution in [2.24, 2.45) is 0 Å². The summed E-state index contributed by atoms with van der Waals surface area (Å²) in [5, 5.41) is 11.7. The van der Waals surface area contributed by atoms with Crippen LogP contribution in [0.1, 0.15) is 57.4 Å². The summed E-state index contributed by atoms with van der Waals surface area (Å²) < 4.78 is 0. The van der Waals surface area contributed by atoms with Gasteiger partial charge in [0.25, 0.3) is 0 Å². The number of amides is 1. The number of benzene rings is 1. The lowest BCUT2D eigenvalue weighted by Gasteiger charge is -2.06. The van der Waals surface area contributed by atoms with Crippen LogP contribution in [0, 0.1) is 11.3 Å². The molecule has 1 aromatic carbocycles. The Morgan fingerprint density at radius 2 is 1.84 bits per heavy atom. The van der Waals surface area contributed by atoms with Gasteiger partial charge in [-0.2, -0.15) is 5.26 Å². The van der Waals surface area contributed by atoms with Crippen molar-refractivity contribution >= 4 is 11.6 Å². The van der Waals surface area contributed by atoms with E-state index in [1.54, 1.807) is 18.2 Å². The average molecular weight is 258 g/mol. The minimum atomic E-state index is -0.00167. The highest BCUT2D eigenvalue weighted by Crippen LogP contribution is 2.14. The van der Waals surface area contributed by atoms with Crippen LogP contribution in [0.2, 0.25) is 0 Å². The molecule has 1 rings (SSSR count). The molecule has 3 nitrogen and oxygen atoms in total. The van der Waals surface area contributed by atoms with E-state index in [1.807, 2.05) is 6.07 Å². The van der Waals surface area contributed by atoms with Gasteiger partial charge in [0, 0.05) is 6.42 Å². The maximum atomic E-state index is 11.7. The minimum absolute atomic E-state index is 0.00167. The number of anilines is 1. The van der Waals surface area contributed by atoms with Crippen molar-refractivity contribution in [1.29, 1.82) is 5.26 Å². The topological polar surface area (TPSA) is 52.9 Å². The predicted octanol–water partition coefficient (Wildman–Crippen LogP) is 4.25. The Kier molecular flexibility index (Phi) is 7.34. The number of para-hydroxylation sites is 1. The van der Waals surface area contributed by atoms with Crippen molar-refractivity contribution in [2.45, 2.75) is 51.9 Å². The third-order valence-corrected chi connectivity index (χ3v) is 3.08. The van der Waals surface area contributed by atoms with Crippen molar-refractivity contribution in [3.8, 4) is 6.07 Å². The molecule has 0 aliphatic heterocycles. The van der Waals surface area contributed by atoms with Gasteiger partial charge in [0.2, 0.25) is 5.91 Å². The first-order chi connectivity index (χ1) is 9.27. The van der Waals surface area contributed by atoms with E-state index in [1.165, 1.54) is 25.7 Å². The molecule has 102 valence electrons. The van der Waals surface area contributed by atoms with Crippen LogP contribution in [0.15, 0.2) is 24.3 Å². The molecule has 1 aromatic rings. The molecular weight excluding hydrogens is 236 g/mol. The molecule has 0 radical (unpaired) electrons. The molecule has 0 heterocycles. The Labute approximate surface area is 115 Å². The molecule has 1 amide bonds. The number of hydrogen-bond donors (Lipinski definition) is 1. The Bertz CT molecular complexity index is 435. The fourth-order valence-corrected chi connectivity index (χ4v) is 1.97. The van der Waals surface area contributed by atoms with Gasteiger partial charge in [0.05, 0.1) is 11.3 Å². The van der Waals surface area contributed by atoms with Crippen LogP contribution in [0.5, 0.6) is 0 Å². The molecule has 0 fully saturated rings. The van der Waals surface area contributed by atoms with Gasteiger partial charge in [-0.15, -0.1) is 0 Å². The SMILES string of the molecule is CCCCCCCCC(=O)Nc1ccccc1C#N. The van der Waals surface area contributed by atoms with Crippen LogP contribution < -0.4 is 5.32 Å². The smallest absolute Gasteiger partial charge is 0.224 e. The van der Waals surface area contributed by atoms with E-state index in [0.29, 0.717) is 17.7 Å². The van der Waals surface area contributed by atoms with E-state index in [9.17, 15) is 4.79 Å². The third-order valence-electron chi connectivity index (χ3n) is 3.08. The molecule has 0 saturated carbocycles. The summed E-state index contributed by atoms with van der Waals surface area (Å²) in [6, 6.07) is 9.16. The van der Waals surface area contributed by atoms with Crippen LogP contribution in [0.25, 0.3) is 0 Å². The Hall–Kier alpha value is -1.82. The zero-order valence-corrected chi connectivity index (χ0v) is 11.6. The number of nitriles is 1. The molecular formula is C16H22N2O. The van der Waals surface area contributed by atoms with E-state index in [2.05, 4.69) is 18.3 Å². The first kappa shape index (κ1) is 15.2. The van der Waals surface area contributed by atoms with Crippen LogP contribution in [0.4, 0.5) is 5.69 Å². The van der Waals surface area contributed by atoms with Gasteiger partial charge in [-0.05, 0) is 18.6 Å². The number of nitrogens with one attached hydrogen (secondary N) is 1. The quantitative estimate of drug-likeness (QED) is 0.709. The van der Waals surface area contributed by atoms with Gasteiger partial charge >= 0.3 is 0 Å². The molecule has 0 spiro atoms. The Morgan fingerprint density at radius 1 is 1.16 bits per heavy atom.